The number of nitrogens with zero attached hydrogens (tertiary/aromatic N) is 1. The molecule has 3 rings (SSSR count). The van der Waals surface area contributed by atoms with Gasteiger partial charge in [-0.1, -0.05) is 23.7 Å². The first kappa shape index (κ1) is 14.9. The van der Waals surface area contributed by atoms with Crippen LogP contribution in [0.25, 0.3) is 10.9 Å². The van der Waals surface area contributed by atoms with Crippen LogP contribution >= 0.6 is 11.6 Å². The summed E-state index contributed by atoms with van der Waals surface area (Å²) < 4.78 is 21.9. The second-order valence-electron chi connectivity index (χ2n) is 5.53. The second-order valence-corrected chi connectivity index (χ2v) is 5.97. The highest BCUT2D eigenvalue weighted by Gasteiger charge is 2.14. The minimum atomic E-state index is -0.205. The normalized spacial score (nSPS) is 11.3. The Morgan fingerprint density at radius 1 is 1.14 bits per heavy atom. The van der Waals surface area contributed by atoms with Crippen LogP contribution in [-0.4, -0.2) is 4.57 Å². The third-order valence-corrected chi connectivity index (χ3v) is 3.90. The van der Waals surface area contributed by atoms with Crippen LogP contribution in [0.5, 0.6) is 5.75 Å². The largest absolute Gasteiger partial charge is 0.489 e. The van der Waals surface area contributed by atoms with E-state index in [-0.39, 0.29) is 11.9 Å². The van der Waals surface area contributed by atoms with E-state index in [9.17, 15) is 4.39 Å². The van der Waals surface area contributed by atoms with Gasteiger partial charge in [-0.2, -0.15) is 0 Å². The lowest BCUT2D eigenvalue weighted by molar-refractivity contribution is 0.307. The molecule has 114 valence electrons. The Morgan fingerprint density at radius 2 is 1.86 bits per heavy atom. The molecule has 0 bridgehead atoms. The predicted molar refractivity (Wildman–Crippen MR) is 88.1 cm³/mol. The molecule has 0 unspecified atom stereocenters. The summed E-state index contributed by atoms with van der Waals surface area (Å²) in [7, 11) is 0. The van der Waals surface area contributed by atoms with Crippen LogP contribution in [0.2, 0.25) is 5.02 Å². The average molecular weight is 318 g/mol. The molecule has 0 spiro atoms. The Balaban J connectivity index is 1.94. The molecule has 0 aliphatic rings. The van der Waals surface area contributed by atoms with Crippen LogP contribution in [-0.2, 0) is 6.61 Å². The number of rotatable bonds is 4. The van der Waals surface area contributed by atoms with Crippen molar-refractivity contribution in [3.63, 3.8) is 0 Å². The maximum Gasteiger partial charge on any atom is 0.147 e. The van der Waals surface area contributed by atoms with Gasteiger partial charge in [-0.05, 0) is 44.2 Å². The molecule has 1 aromatic heterocycles. The minimum absolute atomic E-state index is 0.184. The molecular weight excluding hydrogens is 301 g/mol. The highest BCUT2D eigenvalue weighted by Crippen LogP contribution is 2.28. The van der Waals surface area contributed by atoms with Gasteiger partial charge in [0.25, 0.3) is 0 Å². The van der Waals surface area contributed by atoms with Crippen molar-refractivity contribution in [2.45, 2.75) is 26.5 Å². The minimum Gasteiger partial charge on any atom is -0.489 e. The summed E-state index contributed by atoms with van der Waals surface area (Å²) in [4.78, 5) is 0. The summed E-state index contributed by atoms with van der Waals surface area (Å²) in [5.41, 5.74) is 1.60. The van der Waals surface area contributed by atoms with Crippen molar-refractivity contribution >= 4 is 22.5 Å². The molecule has 22 heavy (non-hydrogen) atoms. The highest BCUT2D eigenvalue weighted by atomic mass is 35.5. The van der Waals surface area contributed by atoms with Crippen molar-refractivity contribution in [1.82, 2.24) is 4.57 Å². The van der Waals surface area contributed by atoms with Crippen LogP contribution in [0.15, 0.2) is 48.7 Å². The predicted octanol–water partition coefficient (Wildman–Crippen LogP) is 5.59. The first-order valence-corrected chi connectivity index (χ1v) is 7.60. The molecule has 0 atom stereocenters. The van der Waals surface area contributed by atoms with E-state index in [1.165, 1.54) is 6.07 Å². The van der Waals surface area contributed by atoms with Crippen LogP contribution in [0.1, 0.15) is 25.5 Å². The van der Waals surface area contributed by atoms with Crippen molar-refractivity contribution < 1.29 is 9.13 Å². The quantitative estimate of drug-likeness (QED) is 0.611. The third-order valence-electron chi connectivity index (χ3n) is 3.65. The fraction of sp³-hybridized carbons (Fsp3) is 0.222. The van der Waals surface area contributed by atoms with Crippen LogP contribution in [0.3, 0.4) is 0 Å². The topological polar surface area (TPSA) is 14.2 Å². The molecule has 0 saturated carbocycles. The number of para-hydroxylation sites is 1. The maximum atomic E-state index is 14.2. The van der Waals surface area contributed by atoms with E-state index in [2.05, 4.69) is 0 Å². The summed E-state index contributed by atoms with van der Waals surface area (Å²) in [5.74, 6) is 0.537. The molecule has 4 heteroatoms. The van der Waals surface area contributed by atoms with Gasteiger partial charge in [-0.25, -0.2) is 4.39 Å². The lowest BCUT2D eigenvalue weighted by atomic mass is 10.2. The number of halogens is 2. The lowest BCUT2D eigenvalue weighted by Crippen LogP contribution is -2.00. The van der Waals surface area contributed by atoms with Crippen LogP contribution < -0.4 is 4.74 Å². The standard InChI is InChI=1S/C18H17ClFNO/c1-12(2)21-10-13(16-4-3-5-17(20)18(16)21)11-22-15-8-6-14(19)7-9-15/h3-10,12H,11H2,1-2H3. The molecule has 0 radical (unpaired) electrons. The van der Waals surface area contributed by atoms with Crippen molar-refractivity contribution in [1.29, 1.82) is 0 Å². The average Bonchev–Trinajstić information content (AvgIpc) is 2.87. The SMILES string of the molecule is CC(C)n1cc(COc2ccc(Cl)cc2)c2cccc(F)c21. The van der Waals surface area contributed by atoms with E-state index in [0.29, 0.717) is 17.1 Å². The smallest absolute Gasteiger partial charge is 0.147 e. The first-order valence-electron chi connectivity index (χ1n) is 7.22. The molecule has 0 fully saturated rings. The zero-order valence-electron chi connectivity index (χ0n) is 12.5. The maximum absolute atomic E-state index is 14.2. The Morgan fingerprint density at radius 3 is 2.55 bits per heavy atom. The van der Waals surface area contributed by atoms with Gasteiger partial charge in [0.05, 0.1) is 5.52 Å². The fourth-order valence-electron chi connectivity index (χ4n) is 2.55. The van der Waals surface area contributed by atoms with Gasteiger partial charge in [0.1, 0.15) is 18.2 Å². The summed E-state index contributed by atoms with van der Waals surface area (Å²) in [6, 6.07) is 12.6. The summed E-state index contributed by atoms with van der Waals surface area (Å²) in [6.45, 7) is 4.47. The molecule has 2 nitrogen and oxygen atoms in total. The van der Waals surface area contributed by atoms with Gasteiger partial charge >= 0.3 is 0 Å². The van der Waals surface area contributed by atoms with E-state index in [1.807, 2.05) is 42.8 Å². The Hall–Kier alpha value is -2.00. The third kappa shape index (κ3) is 2.81. The molecule has 2 aromatic carbocycles. The number of benzene rings is 2. The monoisotopic (exact) mass is 317 g/mol. The van der Waals surface area contributed by atoms with Crippen LogP contribution in [0.4, 0.5) is 4.39 Å². The Kier molecular flexibility index (Phi) is 4.08. The van der Waals surface area contributed by atoms with Gasteiger partial charge in [0, 0.05) is 28.2 Å². The molecule has 0 aliphatic carbocycles. The van der Waals surface area contributed by atoms with E-state index < -0.39 is 0 Å². The fourth-order valence-corrected chi connectivity index (χ4v) is 2.68. The zero-order chi connectivity index (χ0) is 15.7. The number of fused-ring (bicyclic) bond motifs is 1. The molecule has 0 aliphatic heterocycles. The second kappa shape index (κ2) is 6.01. The van der Waals surface area contributed by atoms with E-state index in [0.717, 1.165) is 16.7 Å². The number of hydrogen-bond donors (Lipinski definition) is 0. The van der Waals surface area contributed by atoms with Gasteiger partial charge in [-0.15, -0.1) is 0 Å². The summed E-state index contributed by atoms with van der Waals surface area (Å²) in [6.07, 6.45) is 1.97. The van der Waals surface area contributed by atoms with E-state index in [4.69, 9.17) is 16.3 Å². The number of hydrogen-bond acceptors (Lipinski definition) is 1. The molecular formula is C18H17ClFNO. The lowest BCUT2D eigenvalue weighted by Gasteiger charge is -2.09. The van der Waals surface area contributed by atoms with Crippen molar-refractivity contribution in [3.05, 3.63) is 65.1 Å². The highest BCUT2D eigenvalue weighted by molar-refractivity contribution is 6.30. The van der Waals surface area contributed by atoms with Crippen molar-refractivity contribution in [2.24, 2.45) is 0 Å². The van der Waals surface area contributed by atoms with Gasteiger partial charge in [0.15, 0.2) is 0 Å². The zero-order valence-corrected chi connectivity index (χ0v) is 13.3. The number of aromatic nitrogens is 1. The molecule has 3 aromatic rings. The van der Waals surface area contributed by atoms with Crippen molar-refractivity contribution in [2.75, 3.05) is 0 Å². The van der Waals surface area contributed by atoms with Gasteiger partial charge < -0.3 is 9.30 Å². The van der Waals surface area contributed by atoms with E-state index >= 15 is 0 Å². The van der Waals surface area contributed by atoms with Crippen molar-refractivity contribution in [3.8, 4) is 5.75 Å². The summed E-state index contributed by atoms with van der Waals surface area (Å²) in [5, 5.41) is 1.56. The van der Waals surface area contributed by atoms with Gasteiger partial charge in [-0.3, -0.25) is 0 Å². The molecule has 0 saturated heterocycles. The Bertz CT molecular complexity index is 793. The number of ether oxygens (including phenoxy) is 1. The molecule has 0 amide bonds. The Labute approximate surface area is 134 Å². The van der Waals surface area contributed by atoms with E-state index in [1.54, 1.807) is 18.2 Å². The van der Waals surface area contributed by atoms with Crippen LogP contribution in [0, 0.1) is 5.82 Å². The van der Waals surface area contributed by atoms with Gasteiger partial charge in [0.2, 0.25) is 0 Å². The molecule has 1 heterocycles. The molecule has 0 N–H and O–H groups in total. The first-order chi connectivity index (χ1) is 10.6. The summed E-state index contributed by atoms with van der Waals surface area (Å²) >= 11 is 5.86.